The van der Waals surface area contributed by atoms with Gasteiger partial charge in [-0.25, -0.2) is 0 Å². The fraction of sp³-hybridized carbons (Fsp3) is 0.750. The molecule has 11 heavy (non-hydrogen) atoms. The van der Waals surface area contributed by atoms with Crippen LogP contribution >= 0.6 is 0 Å². The van der Waals surface area contributed by atoms with Crippen molar-refractivity contribution in [1.82, 2.24) is 4.90 Å². The molecule has 3 nitrogen and oxygen atoms in total. The molecular formula is C8H14N2O. The van der Waals surface area contributed by atoms with Crippen LogP contribution in [-0.4, -0.2) is 24.9 Å². The number of hydrogen-bond acceptors (Lipinski definition) is 2. The minimum atomic E-state index is -0.844. The van der Waals surface area contributed by atoms with Gasteiger partial charge in [-0.3, -0.25) is 4.79 Å². The molecule has 1 unspecified atom stereocenters. The Hall–Kier alpha value is -1.04. The third-order valence-corrected chi connectivity index (χ3v) is 1.83. The van der Waals surface area contributed by atoms with E-state index in [0.717, 1.165) is 0 Å². The predicted octanol–water partition coefficient (Wildman–Crippen LogP) is 1.01. The van der Waals surface area contributed by atoms with E-state index < -0.39 is 5.41 Å². The number of nitriles is 1. The number of carbonyl (C=O) groups excluding carboxylic acids is 1. The van der Waals surface area contributed by atoms with Crippen LogP contribution in [0.1, 0.15) is 20.3 Å². The highest BCUT2D eigenvalue weighted by molar-refractivity contribution is 5.84. The Balaban J connectivity index is 4.55. The zero-order valence-electron chi connectivity index (χ0n) is 7.51. The summed E-state index contributed by atoms with van der Waals surface area (Å²) in [6, 6.07) is 2.02. The van der Waals surface area contributed by atoms with Crippen molar-refractivity contribution in [1.29, 1.82) is 5.26 Å². The molecule has 0 saturated heterocycles. The summed E-state index contributed by atoms with van der Waals surface area (Å²) in [7, 11) is 3.32. The second-order valence-corrected chi connectivity index (χ2v) is 3.00. The number of amides is 1. The maximum Gasteiger partial charge on any atom is 0.242 e. The average molecular weight is 154 g/mol. The van der Waals surface area contributed by atoms with Crippen LogP contribution < -0.4 is 0 Å². The minimum absolute atomic E-state index is 0.123. The molecule has 0 N–H and O–H groups in total. The van der Waals surface area contributed by atoms with Gasteiger partial charge in [0.1, 0.15) is 5.41 Å². The fourth-order valence-corrected chi connectivity index (χ4v) is 0.772. The Kier molecular flexibility index (Phi) is 3.06. The zero-order chi connectivity index (χ0) is 9.07. The van der Waals surface area contributed by atoms with Gasteiger partial charge in [-0.05, 0) is 13.3 Å². The van der Waals surface area contributed by atoms with E-state index in [4.69, 9.17) is 5.26 Å². The van der Waals surface area contributed by atoms with Gasteiger partial charge in [0.2, 0.25) is 5.91 Å². The lowest BCUT2D eigenvalue weighted by atomic mass is 9.88. The van der Waals surface area contributed by atoms with E-state index in [1.807, 2.05) is 13.0 Å². The van der Waals surface area contributed by atoms with Gasteiger partial charge < -0.3 is 4.90 Å². The lowest BCUT2D eigenvalue weighted by Gasteiger charge is -2.22. The molecule has 0 aromatic carbocycles. The van der Waals surface area contributed by atoms with Gasteiger partial charge >= 0.3 is 0 Å². The molecule has 0 heterocycles. The van der Waals surface area contributed by atoms with Crippen molar-refractivity contribution in [3.8, 4) is 6.07 Å². The highest BCUT2D eigenvalue weighted by Crippen LogP contribution is 2.21. The van der Waals surface area contributed by atoms with Crippen molar-refractivity contribution in [2.24, 2.45) is 5.41 Å². The molecule has 0 radical (unpaired) electrons. The first-order chi connectivity index (χ1) is 4.98. The van der Waals surface area contributed by atoms with Gasteiger partial charge in [0.15, 0.2) is 0 Å². The predicted molar refractivity (Wildman–Crippen MR) is 42.7 cm³/mol. The summed E-state index contributed by atoms with van der Waals surface area (Å²) in [6.45, 7) is 3.50. The quantitative estimate of drug-likeness (QED) is 0.596. The van der Waals surface area contributed by atoms with E-state index in [0.29, 0.717) is 6.42 Å². The highest BCUT2D eigenvalue weighted by Gasteiger charge is 2.32. The van der Waals surface area contributed by atoms with Gasteiger partial charge in [-0.2, -0.15) is 5.26 Å². The van der Waals surface area contributed by atoms with Gasteiger partial charge in [0, 0.05) is 14.1 Å². The van der Waals surface area contributed by atoms with Crippen LogP contribution in [-0.2, 0) is 4.79 Å². The van der Waals surface area contributed by atoms with Crippen LogP contribution in [0.4, 0.5) is 0 Å². The van der Waals surface area contributed by atoms with Gasteiger partial charge in [0.05, 0.1) is 6.07 Å². The summed E-state index contributed by atoms with van der Waals surface area (Å²) >= 11 is 0. The fourth-order valence-electron chi connectivity index (χ4n) is 0.772. The molecule has 1 amide bonds. The van der Waals surface area contributed by atoms with Crippen molar-refractivity contribution < 1.29 is 4.79 Å². The molecule has 0 fully saturated rings. The summed E-state index contributed by atoms with van der Waals surface area (Å²) in [6.07, 6.45) is 0.556. The third kappa shape index (κ3) is 1.94. The first-order valence-corrected chi connectivity index (χ1v) is 3.61. The maximum absolute atomic E-state index is 11.3. The largest absolute Gasteiger partial charge is 0.347 e. The van der Waals surface area contributed by atoms with Crippen LogP contribution in [0.5, 0.6) is 0 Å². The molecule has 0 aromatic rings. The Morgan fingerprint density at radius 3 is 2.18 bits per heavy atom. The van der Waals surface area contributed by atoms with E-state index in [1.165, 1.54) is 4.90 Å². The van der Waals surface area contributed by atoms with E-state index in [-0.39, 0.29) is 5.91 Å². The number of carbonyl (C=O) groups is 1. The standard InChI is InChI=1S/C8H14N2O/c1-5-8(2,6-9)7(11)10(3)4/h5H2,1-4H3. The average Bonchev–Trinajstić information content (AvgIpc) is 2.01. The second-order valence-electron chi connectivity index (χ2n) is 3.00. The Morgan fingerprint density at radius 1 is 1.64 bits per heavy atom. The molecule has 0 bridgehead atoms. The Morgan fingerprint density at radius 2 is 2.09 bits per heavy atom. The van der Waals surface area contributed by atoms with Crippen LogP contribution in [0.3, 0.4) is 0 Å². The zero-order valence-corrected chi connectivity index (χ0v) is 7.51. The summed E-state index contributed by atoms with van der Waals surface area (Å²) in [5, 5.41) is 8.71. The highest BCUT2D eigenvalue weighted by atomic mass is 16.2. The minimum Gasteiger partial charge on any atom is -0.347 e. The van der Waals surface area contributed by atoms with Gasteiger partial charge in [-0.1, -0.05) is 6.92 Å². The van der Waals surface area contributed by atoms with E-state index in [2.05, 4.69) is 0 Å². The molecule has 0 aliphatic rings. The monoisotopic (exact) mass is 154 g/mol. The third-order valence-electron chi connectivity index (χ3n) is 1.83. The topological polar surface area (TPSA) is 44.1 Å². The molecule has 62 valence electrons. The van der Waals surface area contributed by atoms with Crippen molar-refractivity contribution in [2.75, 3.05) is 14.1 Å². The van der Waals surface area contributed by atoms with Crippen molar-refractivity contribution >= 4 is 5.91 Å². The SMILES string of the molecule is CCC(C)(C#N)C(=O)N(C)C. The number of rotatable bonds is 2. The molecule has 0 spiro atoms. The van der Waals surface area contributed by atoms with Crippen molar-refractivity contribution in [3.63, 3.8) is 0 Å². The Labute approximate surface area is 67.6 Å². The number of nitrogens with zero attached hydrogens (tertiary/aromatic N) is 2. The molecule has 0 rings (SSSR count). The van der Waals surface area contributed by atoms with E-state index in [1.54, 1.807) is 21.0 Å². The van der Waals surface area contributed by atoms with Gasteiger partial charge in [-0.15, -0.1) is 0 Å². The van der Waals surface area contributed by atoms with Gasteiger partial charge in [0.25, 0.3) is 0 Å². The normalized spacial score (nSPS) is 14.8. The van der Waals surface area contributed by atoms with Crippen molar-refractivity contribution in [3.05, 3.63) is 0 Å². The summed E-state index contributed by atoms with van der Waals surface area (Å²) in [4.78, 5) is 12.8. The maximum atomic E-state index is 11.3. The van der Waals surface area contributed by atoms with Crippen LogP contribution in [0.15, 0.2) is 0 Å². The van der Waals surface area contributed by atoms with E-state index in [9.17, 15) is 4.79 Å². The summed E-state index contributed by atoms with van der Waals surface area (Å²) in [5.74, 6) is -0.123. The van der Waals surface area contributed by atoms with E-state index >= 15 is 0 Å². The summed E-state index contributed by atoms with van der Waals surface area (Å²) < 4.78 is 0. The molecular weight excluding hydrogens is 140 g/mol. The van der Waals surface area contributed by atoms with Crippen LogP contribution in [0.25, 0.3) is 0 Å². The van der Waals surface area contributed by atoms with Crippen molar-refractivity contribution in [2.45, 2.75) is 20.3 Å². The molecule has 0 aliphatic heterocycles. The van der Waals surface area contributed by atoms with Crippen LogP contribution in [0.2, 0.25) is 0 Å². The smallest absolute Gasteiger partial charge is 0.242 e. The lowest BCUT2D eigenvalue weighted by molar-refractivity contribution is -0.135. The molecule has 3 heteroatoms. The number of hydrogen-bond donors (Lipinski definition) is 0. The lowest BCUT2D eigenvalue weighted by Crippen LogP contribution is -2.36. The first kappa shape index (κ1) is 9.96. The molecule has 0 aliphatic carbocycles. The molecule has 1 atom stereocenters. The Bertz CT molecular complexity index is 193. The second kappa shape index (κ2) is 3.38. The summed E-state index contributed by atoms with van der Waals surface area (Å²) in [5.41, 5.74) is -0.844. The van der Waals surface area contributed by atoms with Crippen LogP contribution in [0, 0.1) is 16.7 Å². The first-order valence-electron chi connectivity index (χ1n) is 3.61. The molecule has 0 aromatic heterocycles. The molecule has 0 saturated carbocycles.